The molecular weight excluding hydrogens is 332 g/mol. The molecule has 0 unspecified atom stereocenters. The fraction of sp³-hybridized carbons (Fsp3) is 0.500. The summed E-state index contributed by atoms with van der Waals surface area (Å²) in [6, 6.07) is 7.38. The monoisotopic (exact) mass is 352 g/mol. The summed E-state index contributed by atoms with van der Waals surface area (Å²) in [5.41, 5.74) is 0.548. The van der Waals surface area contributed by atoms with Crippen LogP contribution in [0.1, 0.15) is 48.9 Å². The van der Waals surface area contributed by atoms with Gasteiger partial charge in [0.15, 0.2) is 0 Å². The topological polar surface area (TPSA) is 58.2 Å². The number of rotatable bonds is 4. The van der Waals surface area contributed by atoms with Crippen LogP contribution in [0.15, 0.2) is 28.7 Å². The van der Waals surface area contributed by atoms with Crippen molar-refractivity contribution in [2.24, 2.45) is 0 Å². The third-order valence-electron chi connectivity index (χ3n) is 3.72. The van der Waals surface area contributed by atoms with Crippen LogP contribution in [0.5, 0.6) is 0 Å². The Kier molecular flexibility index (Phi) is 6.23. The molecule has 2 N–H and O–H groups in total. The Labute approximate surface area is 133 Å². The second-order valence-electron chi connectivity index (χ2n) is 5.45. The molecule has 0 bridgehead atoms. The van der Waals surface area contributed by atoms with Gasteiger partial charge in [-0.15, -0.1) is 0 Å². The fourth-order valence-corrected chi connectivity index (χ4v) is 2.99. The van der Waals surface area contributed by atoms with Crippen molar-refractivity contribution in [2.75, 3.05) is 6.54 Å². The normalized spacial score (nSPS) is 16.0. The van der Waals surface area contributed by atoms with Crippen LogP contribution in [0, 0.1) is 0 Å². The third kappa shape index (κ3) is 5.50. The van der Waals surface area contributed by atoms with Crippen molar-refractivity contribution in [2.45, 2.75) is 44.6 Å². The van der Waals surface area contributed by atoms with Gasteiger partial charge in [-0.2, -0.15) is 0 Å². The lowest BCUT2D eigenvalue weighted by atomic mass is 10.1. The van der Waals surface area contributed by atoms with E-state index in [9.17, 15) is 9.59 Å². The molecule has 1 fully saturated rings. The number of nitrogens with one attached hydrogen (secondary N) is 2. The Bertz CT molecular complexity index is 497. The molecule has 2 rings (SSSR count). The SMILES string of the molecule is O=C(CNC(=O)c1cccc(Br)c1)NC1CCCCCC1. The minimum absolute atomic E-state index is 0.0296. The van der Waals surface area contributed by atoms with E-state index < -0.39 is 0 Å². The van der Waals surface area contributed by atoms with Crippen molar-refractivity contribution in [1.29, 1.82) is 0 Å². The Morgan fingerprint density at radius 2 is 1.86 bits per heavy atom. The Hall–Kier alpha value is -1.36. The molecule has 0 heterocycles. The summed E-state index contributed by atoms with van der Waals surface area (Å²) in [6.45, 7) is 0.0296. The molecule has 4 nitrogen and oxygen atoms in total. The first kappa shape index (κ1) is 16.0. The quantitative estimate of drug-likeness (QED) is 0.818. The molecule has 0 saturated heterocycles. The molecule has 1 aromatic rings. The molecule has 0 radical (unpaired) electrons. The van der Waals surface area contributed by atoms with Gasteiger partial charge in [-0.1, -0.05) is 47.7 Å². The van der Waals surface area contributed by atoms with E-state index in [0.717, 1.165) is 17.3 Å². The van der Waals surface area contributed by atoms with Gasteiger partial charge in [-0.05, 0) is 31.0 Å². The second-order valence-corrected chi connectivity index (χ2v) is 6.36. The summed E-state index contributed by atoms with van der Waals surface area (Å²) in [4.78, 5) is 23.8. The minimum atomic E-state index is -0.229. The van der Waals surface area contributed by atoms with Gasteiger partial charge in [0.2, 0.25) is 5.91 Å². The Morgan fingerprint density at radius 1 is 1.14 bits per heavy atom. The van der Waals surface area contributed by atoms with Gasteiger partial charge in [0, 0.05) is 16.1 Å². The van der Waals surface area contributed by atoms with E-state index >= 15 is 0 Å². The number of carbonyl (C=O) groups is 2. The van der Waals surface area contributed by atoms with Crippen LogP contribution in [0.25, 0.3) is 0 Å². The minimum Gasteiger partial charge on any atom is -0.352 e. The molecule has 0 aromatic heterocycles. The first-order chi connectivity index (χ1) is 10.1. The van der Waals surface area contributed by atoms with Crippen molar-refractivity contribution in [3.63, 3.8) is 0 Å². The summed E-state index contributed by atoms with van der Waals surface area (Å²) in [7, 11) is 0. The number of carbonyl (C=O) groups excluding carboxylic acids is 2. The highest BCUT2D eigenvalue weighted by Crippen LogP contribution is 2.17. The molecule has 0 spiro atoms. The maximum atomic E-state index is 11.9. The summed E-state index contributed by atoms with van der Waals surface area (Å²) in [5, 5.41) is 5.67. The molecule has 1 aromatic carbocycles. The van der Waals surface area contributed by atoms with Crippen LogP contribution in [0.3, 0.4) is 0 Å². The molecule has 0 aliphatic heterocycles. The standard InChI is InChI=1S/C16H21BrN2O2/c17-13-7-5-6-12(10-13)16(21)18-11-15(20)19-14-8-3-1-2-4-9-14/h5-7,10,14H,1-4,8-9,11H2,(H,18,21)(H,19,20). The molecule has 1 aliphatic rings. The molecule has 1 saturated carbocycles. The molecular formula is C16H21BrN2O2. The molecule has 21 heavy (non-hydrogen) atoms. The lowest BCUT2D eigenvalue weighted by molar-refractivity contribution is -0.120. The van der Waals surface area contributed by atoms with Gasteiger partial charge in [0.1, 0.15) is 0 Å². The lowest BCUT2D eigenvalue weighted by Gasteiger charge is -2.16. The third-order valence-corrected chi connectivity index (χ3v) is 4.21. The van der Waals surface area contributed by atoms with Crippen LogP contribution in [0.4, 0.5) is 0 Å². The second kappa shape index (κ2) is 8.17. The molecule has 0 atom stereocenters. The Balaban J connectivity index is 1.76. The molecule has 114 valence electrons. The average molecular weight is 353 g/mol. The predicted molar refractivity (Wildman–Crippen MR) is 86.1 cm³/mol. The van der Waals surface area contributed by atoms with Crippen molar-refractivity contribution in [1.82, 2.24) is 10.6 Å². The van der Waals surface area contributed by atoms with E-state index in [1.165, 1.54) is 25.7 Å². The summed E-state index contributed by atoms with van der Waals surface area (Å²) in [5.74, 6) is -0.336. The smallest absolute Gasteiger partial charge is 0.251 e. The highest BCUT2D eigenvalue weighted by atomic mass is 79.9. The van der Waals surface area contributed by atoms with E-state index in [1.807, 2.05) is 6.07 Å². The van der Waals surface area contributed by atoms with E-state index in [0.29, 0.717) is 5.56 Å². The van der Waals surface area contributed by atoms with Gasteiger partial charge in [-0.3, -0.25) is 9.59 Å². The first-order valence-corrected chi connectivity index (χ1v) is 8.27. The van der Waals surface area contributed by atoms with Gasteiger partial charge in [0.05, 0.1) is 6.54 Å². The number of amides is 2. The zero-order valence-corrected chi connectivity index (χ0v) is 13.6. The zero-order chi connectivity index (χ0) is 15.1. The van der Waals surface area contributed by atoms with Crippen LogP contribution in [0.2, 0.25) is 0 Å². The van der Waals surface area contributed by atoms with Gasteiger partial charge in [-0.25, -0.2) is 0 Å². The van der Waals surface area contributed by atoms with E-state index in [4.69, 9.17) is 0 Å². The van der Waals surface area contributed by atoms with E-state index in [1.54, 1.807) is 18.2 Å². The first-order valence-electron chi connectivity index (χ1n) is 7.48. The van der Waals surface area contributed by atoms with E-state index in [-0.39, 0.29) is 24.4 Å². The maximum absolute atomic E-state index is 11.9. The number of hydrogen-bond acceptors (Lipinski definition) is 2. The van der Waals surface area contributed by atoms with Crippen molar-refractivity contribution < 1.29 is 9.59 Å². The van der Waals surface area contributed by atoms with Crippen LogP contribution < -0.4 is 10.6 Å². The van der Waals surface area contributed by atoms with Crippen molar-refractivity contribution in [3.8, 4) is 0 Å². The lowest BCUT2D eigenvalue weighted by Crippen LogP contribution is -2.41. The average Bonchev–Trinajstić information content (AvgIpc) is 2.73. The molecule has 2 amide bonds. The fourth-order valence-electron chi connectivity index (χ4n) is 2.59. The Morgan fingerprint density at radius 3 is 2.52 bits per heavy atom. The number of hydrogen-bond donors (Lipinski definition) is 2. The van der Waals surface area contributed by atoms with Crippen LogP contribution >= 0.6 is 15.9 Å². The van der Waals surface area contributed by atoms with Crippen LogP contribution in [-0.2, 0) is 4.79 Å². The van der Waals surface area contributed by atoms with Crippen LogP contribution in [-0.4, -0.2) is 24.4 Å². The molecule has 1 aliphatic carbocycles. The largest absolute Gasteiger partial charge is 0.352 e. The summed E-state index contributed by atoms with van der Waals surface area (Å²) < 4.78 is 0.845. The van der Waals surface area contributed by atoms with Gasteiger partial charge >= 0.3 is 0 Å². The van der Waals surface area contributed by atoms with Crippen molar-refractivity contribution >= 4 is 27.7 Å². The van der Waals surface area contributed by atoms with Gasteiger partial charge in [0.25, 0.3) is 5.91 Å². The number of halogens is 1. The summed E-state index contributed by atoms with van der Waals surface area (Å²) in [6.07, 6.45) is 6.96. The summed E-state index contributed by atoms with van der Waals surface area (Å²) >= 11 is 3.32. The highest BCUT2D eigenvalue weighted by Gasteiger charge is 2.15. The molecule has 5 heteroatoms. The highest BCUT2D eigenvalue weighted by molar-refractivity contribution is 9.10. The predicted octanol–water partition coefficient (Wildman–Crippen LogP) is 3.02. The zero-order valence-electron chi connectivity index (χ0n) is 12.0. The van der Waals surface area contributed by atoms with Gasteiger partial charge < -0.3 is 10.6 Å². The van der Waals surface area contributed by atoms with Crippen molar-refractivity contribution in [3.05, 3.63) is 34.3 Å². The maximum Gasteiger partial charge on any atom is 0.251 e. The number of benzene rings is 1. The van der Waals surface area contributed by atoms with E-state index in [2.05, 4.69) is 26.6 Å².